The van der Waals surface area contributed by atoms with Crippen LogP contribution in [0.1, 0.15) is 22.8 Å². The third kappa shape index (κ3) is 5.03. The number of carbonyl (C=O) groups excluding carboxylic acids is 3. The molecule has 0 aliphatic heterocycles. The zero-order valence-electron chi connectivity index (χ0n) is 18.9. The van der Waals surface area contributed by atoms with E-state index < -0.39 is 11.8 Å². The first-order valence-corrected chi connectivity index (χ1v) is 10.7. The number of hydrogen-bond donors (Lipinski definition) is 3. The molecule has 0 unspecified atom stereocenters. The number of nitrogens with zero attached hydrogens (tertiary/aromatic N) is 3. The smallest absolute Gasteiger partial charge is 0.251 e. The molecular weight excluding hydrogens is 446 g/mol. The number of rotatable bonds is 7. The van der Waals surface area contributed by atoms with Crippen molar-refractivity contribution in [1.29, 1.82) is 0 Å². The minimum absolute atomic E-state index is 0.0476. The van der Waals surface area contributed by atoms with Crippen LogP contribution in [0.3, 0.4) is 0 Å². The number of benzene rings is 3. The maximum absolute atomic E-state index is 12.9. The lowest BCUT2D eigenvalue weighted by molar-refractivity contribution is -0.120. The molecule has 0 saturated carbocycles. The first-order chi connectivity index (χ1) is 16.7. The van der Waals surface area contributed by atoms with Gasteiger partial charge in [0.25, 0.3) is 5.91 Å². The maximum atomic E-state index is 12.9. The summed E-state index contributed by atoms with van der Waals surface area (Å²) in [6.07, 6.45) is 2.92. The second-order valence-electron chi connectivity index (χ2n) is 7.94. The minimum Gasteiger partial charge on any atom is -0.426 e. The van der Waals surface area contributed by atoms with Crippen LogP contribution >= 0.6 is 0 Å². The number of aromatic nitrogens is 2. The number of anilines is 2. The largest absolute Gasteiger partial charge is 0.426 e. The molecule has 0 saturated heterocycles. The SMILES string of the molecule is CC(=O)c1ccc(/C=C/C(=O)N(CC(N)=O)c2ccc(-c3nc4ccc(N)cc4n3O)cc2)cc1. The number of primary amides is 1. The third-order valence-corrected chi connectivity index (χ3v) is 5.41. The molecule has 0 fully saturated rings. The Labute approximate surface area is 200 Å². The molecule has 1 aromatic heterocycles. The molecular formula is C26H23N5O4. The van der Waals surface area contributed by atoms with E-state index in [2.05, 4.69) is 4.98 Å². The highest BCUT2D eigenvalue weighted by Crippen LogP contribution is 2.27. The molecule has 5 N–H and O–H groups in total. The van der Waals surface area contributed by atoms with Gasteiger partial charge in [-0.1, -0.05) is 24.3 Å². The summed E-state index contributed by atoms with van der Waals surface area (Å²) in [6.45, 7) is 1.16. The molecule has 0 aliphatic carbocycles. The van der Waals surface area contributed by atoms with Crippen LogP contribution < -0.4 is 16.4 Å². The van der Waals surface area contributed by atoms with Crippen LogP contribution in [-0.2, 0) is 9.59 Å². The van der Waals surface area contributed by atoms with Crippen molar-refractivity contribution >= 4 is 46.1 Å². The van der Waals surface area contributed by atoms with Crippen LogP contribution in [0, 0.1) is 0 Å². The minimum atomic E-state index is -0.670. The number of nitrogens with two attached hydrogens (primary N) is 2. The van der Waals surface area contributed by atoms with Crippen LogP contribution in [0.25, 0.3) is 28.5 Å². The molecule has 4 rings (SSSR count). The van der Waals surface area contributed by atoms with E-state index in [1.807, 2.05) is 0 Å². The quantitative estimate of drug-likeness (QED) is 0.164. The van der Waals surface area contributed by atoms with E-state index in [-0.39, 0.29) is 12.3 Å². The number of hydrogen-bond acceptors (Lipinski definition) is 6. The van der Waals surface area contributed by atoms with Gasteiger partial charge in [0.05, 0.1) is 5.52 Å². The van der Waals surface area contributed by atoms with Crippen LogP contribution in [0.4, 0.5) is 11.4 Å². The summed E-state index contributed by atoms with van der Waals surface area (Å²) in [5, 5.41) is 10.5. The predicted octanol–water partition coefficient (Wildman–Crippen LogP) is 3.26. The van der Waals surface area contributed by atoms with Gasteiger partial charge in [0, 0.05) is 28.6 Å². The lowest BCUT2D eigenvalue weighted by Gasteiger charge is -2.20. The maximum Gasteiger partial charge on any atom is 0.251 e. The van der Waals surface area contributed by atoms with E-state index in [1.165, 1.54) is 17.9 Å². The average Bonchev–Trinajstić information content (AvgIpc) is 3.17. The van der Waals surface area contributed by atoms with Gasteiger partial charge in [0.2, 0.25) is 5.91 Å². The fourth-order valence-corrected chi connectivity index (χ4v) is 3.60. The van der Waals surface area contributed by atoms with Gasteiger partial charge in [-0.2, -0.15) is 4.73 Å². The van der Waals surface area contributed by atoms with E-state index in [0.717, 1.165) is 10.3 Å². The van der Waals surface area contributed by atoms with Gasteiger partial charge in [-0.25, -0.2) is 4.98 Å². The highest BCUT2D eigenvalue weighted by Gasteiger charge is 2.17. The highest BCUT2D eigenvalue weighted by atomic mass is 16.5. The normalized spacial score (nSPS) is 11.1. The summed E-state index contributed by atoms with van der Waals surface area (Å²) in [5.41, 5.74) is 15.0. The number of imidazole rings is 1. The van der Waals surface area contributed by atoms with E-state index in [0.29, 0.717) is 39.4 Å². The van der Waals surface area contributed by atoms with Crippen LogP contribution in [0.5, 0.6) is 0 Å². The number of carbonyl (C=O) groups is 3. The summed E-state index contributed by atoms with van der Waals surface area (Å²) < 4.78 is 0.952. The van der Waals surface area contributed by atoms with Gasteiger partial charge in [-0.15, -0.1) is 0 Å². The Kier molecular flexibility index (Phi) is 6.32. The van der Waals surface area contributed by atoms with E-state index in [9.17, 15) is 19.6 Å². The summed E-state index contributed by atoms with van der Waals surface area (Å²) in [6, 6.07) is 18.5. The van der Waals surface area contributed by atoms with Crippen LogP contribution in [0.15, 0.2) is 72.8 Å². The summed E-state index contributed by atoms with van der Waals surface area (Å²) in [4.78, 5) is 41.6. The highest BCUT2D eigenvalue weighted by molar-refractivity contribution is 6.06. The van der Waals surface area contributed by atoms with Crippen molar-refractivity contribution in [1.82, 2.24) is 9.71 Å². The Morgan fingerprint density at radius 1 is 1.03 bits per heavy atom. The number of amides is 2. The fraction of sp³-hybridized carbons (Fsp3) is 0.0769. The molecule has 0 radical (unpaired) electrons. The topological polar surface area (TPSA) is 145 Å². The Bertz CT molecular complexity index is 1450. The van der Waals surface area contributed by atoms with Crippen LogP contribution in [-0.4, -0.2) is 39.1 Å². The molecule has 0 bridgehead atoms. The Balaban J connectivity index is 1.59. The van der Waals surface area contributed by atoms with Gasteiger partial charge in [0.15, 0.2) is 11.6 Å². The molecule has 2 amide bonds. The van der Waals surface area contributed by atoms with E-state index in [4.69, 9.17) is 11.5 Å². The third-order valence-electron chi connectivity index (χ3n) is 5.41. The van der Waals surface area contributed by atoms with Gasteiger partial charge in [0.1, 0.15) is 12.1 Å². The van der Waals surface area contributed by atoms with Crippen molar-refractivity contribution in [3.63, 3.8) is 0 Å². The van der Waals surface area contributed by atoms with E-state index in [1.54, 1.807) is 72.8 Å². The molecule has 0 aliphatic rings. The average molecular weight is 470 g/mol. The van der Waals surface area contributed by atoms with Crippen molar-refractivity contribution in [2.24, 2.45) is 5.73 Å². The fourth-order valence-electron chi connectivity index (χ4n) is 3.60. The molecule has 3 aromatic carbocycles. The first-order valence-electron chi connectivity index (χ1n) is 10.7. The predicted molar refractivity (Wildman–Crippen MR) is 134 cm³/mol. The van der Waals surface area contributed by atoms with Crippen molar-refractivity contribution in [3.05, 3.63) is 83.9 Å². The van der Waals surface area contributed by atoms with Crippen molar-refractivity contribution in [2.45, 2.75) is 6.92 Å². The monoisotopic (exact) mass is 469 g/mol. The van der Waals surface area contributed by atoms with Gasteiger partial charge < -0.3 is 16.7 Å². The van der Waals surface area contributed by atoms with Crippen molar-refractivity contribution in [2.75, 3.05) is 17.2 Å². The number of nitrogen functional groups attached to an aromatic ring is 1. The van der Waals surface area contributed by atoms with Crippen molar-refractivity contribution in [3.8, 4) is 11.4 Å². The lowest BCUT2D eigenvalue weighted by atomic mass is 10.1. The van der Waals surface area contributed by atoms with Crippen molar-refractivity contribution < 1.29 is 19.6 Å². The van der Waals surface area contributed by atoms with E-state index >= 15 is 0 Å². The second-order valence-corrected chi connectivity index (χ2v) is 7.94. The van der Waals surface area contributed by atoms with Gasteiger partial charge in [-0.3, -0.25) is 19.3 Å². The Morgan fingerprint density at radius 2 is 1.71 bits per heavy atom. The van der Waals surface area contributed by atoms with Crippen LogP contribution in [0.2, 0.25) is 0 Å². The lowest BCUT2D eigenvalue weighted by Crippen LogP contribution is -2.37. The molecule has 35 heavy (non-hydrogen) atoms. The molecule has 1 heterocycles. The summed E-state index contributed by atoms with van der Waals surface area (Å²) >= 11 is 0. The summed E-state index contributed by atoms with van der Waals surface area (Å²) in [7, 11) is 0. The number of ketones is 1. The first kappa shape index (κ1) is 23.2. The number of fused-ring (bicyclic) bond motifs is 1. The molecule has 0 spiro atoms. The summed E-state index contributed by atoms with van der Waals surface area (Å²) in [5.74, 6) is -0.860. The Hall–Kier alpha value is -4.92. The van der Waals surface area contributed by atoms with Gasteiger partial charge in [-0.05, 0) is 61.0 Å². The molecule has 4 aromatic rings. The molecule has 176 valence electrons. The molecule has 0 atom stereocenters. The standard InChI is InChI=1S/C26H23N5O4/c1-16(32)18-5-2-17(3-6-18)4-13-25(34)30(15-24(28)33)21-10-7-19(8-11-21)26-29-22-12-9-20(27)14-23(22)31(26)35/h2-14,35H,15,27H2,1H3,(H2,28,33)/b13-4+. The zero-order valence-corrected chi connectivity index (χ0v) is 18.9. The zero-order chi connectivity index (χ0) is 25.1. The Morgan fingerprint density at radius 3 is 2.34 bits per heavy atom. The molecule has 9 heteroatoms. The van der Waals surface area contributed by atoms with Gasteiger partial charge >= 0.3 is 0 Å². The second kappa shape index (κ2) is 9.52. The number of Topliss-reactive ketones (excluding diaryl/α,β-unsaturated/α-hetero) is 1. The molecule has 9 nitrogen and oxygen atoms in total.